The van der Waals surface area contributed by atoms with Crippen molar-refractivity contribution >= 4 is 18.5 Å². The van der Waals surface area contributed by atoms with Crippen molar-refractivity contribution in [3.8, 4) is 0 Å². The van der Waals surface area contributed by atoms with Crippen molar-refractivity contribution < 1.29 is 9.90 Å². The number of nitrogens with one attached hydrogen (secondary N) is 1. The van der Waals surface area contributed by atoms with E-state index in [2.05, 4.69) is 17.9 Å². The van der Waals surface area contributed by atoms with Crippen LogP contribution < -0.4 is 5.32 Å². The molecule has 0 unspecified atom stereocenters. The summed E-state index contributed by atoms with van der Waals surface area (Å²) in [5.74, 6) is 0.594. The van der Waals surface area contributed by atoms with E-state index in [4.69, 9.17) is 5.11 Å². The summed E-state index contributed by atoms with van der Waals surface area (Å²) in [4.78, 5) is 10.9. The molecule has 1 amide bonds. The van der Waals surface area contributed by atoms with Gasteiger partial charge < -0.3 is 10.4 Å². The minimum Gasteiger partial charge on any atom is -0.394 e. The molecule has 0 aliphatic carbocycles. The third-order valence-corrected chi connectivity index (χ3v) is 2.17. The highest BCUT2D eigenvalue weighted by Gasteiger charge is 2.29. The van der Waals surface area contributed by atoms with Gasteiger partial charge in [-0.2, -0.15) is 12.6 Å². The van der Waals surface area contributed by atoms with E-state index in [0.717, 1.165) is 6.42 Å². The maximum absolute atomic E-state index is 10.9. The number of aliphatic hydroxyl groups is 1. The Morgan fingerprint density at radius 3 is 2.80 bits per heavy atom. The number of rotatable bonds is 2. The van der Waals surface area contributed by atoms with E-state index in [1.807, 2.05) is 0 Å². The number of hydrogen-bond donors (Lipinski definition) is 3. The number of aliphatic hydroxyl groups excluding tert-OH is 1. The second-order valence-corrected chi connectivity index (χ2v) is 2.87. The molecule has 1 saturated heterocycles. The van der Waals surface area contributed by atoms with Crippen molar-refractivity contribution in [1.29, 1.82) is 0 Å². The molecule has 0 aromatic heterocycles. The summed E-state index contributed by atoms with van der Waals surface area (Å²) in [5.41, 5.74) is 0. The lowest BCUT2D eigenvalue weighted by Gasteiger charge is -2.02. The fourth-order valence-corrected chi connectivity index (χ4v) is 1.42. The molecule has 1 rings (SSSR count). The Hall–Kier alpha value is -0.220. The molecule has 0 radical (unpaired) electrons. The minimum atomic E-state index is -0.0374. The quantitative estimate of drug-likeness (QED) is 0.474. The largest absolute Gasteiger partial charge is 0.394 e. The van der Waals surface area contributed by atoms with Crippen LogP contribution in [-0.4, -0.2) is 29.4 Å². The van der Waals surface area contributed by atoms with Crippen LogP contribution in [-0.2, 0) is 4.79 Å². The molecule has 0 bridgehead atoms. The van der Waals surface area contributed by atoms with Gasteiger partial charge in [-0.3, -0.25) is 4.79 Å². The normalized spacial score (nSPS) is 32.4. The summed E-state index contributed by atoms with van der Waals surface area (Å²) in [7, 11) is 0. The van der Waals surface area contributed by atoms with Crippen molar-refractivity contribution in [2.75, 3.05) is 12.4 Å². The van der Waals surface area contributed by atoms with Crippen LogP contribution in [0.25, 0.3) is 0 Å². The second-order valence-electron chi connectivity index (χ2n) is 2.50. The average molecular weight is 161 g/mol. The Kier molecular flexibility index (Phi) is 2.56. The van der Waals surface area contributed by atoms with E-state index in [1.165, 1.54) is 0 Å². The topological polar surface area (TPSA) is 49.3 Å². The van der Waals surface area contributed by atoms with Crippen LogP contribution in [0.1, 0.15) is 6.42 Å². The highest BCUT2D eigenvalue weighted by molar-refractivity contribution is 7.80. The summed E-state index contributed by atoms with van der Waals surface area (Å²) in [6.45, 7) is 0.0377. The SMILES string of the molecule is O=C1N[C@@H](CO)C[C@@H]1CS. The van der Waals surface area contributed by atoms with Crippen LogP contribution in [0.3, 0.4) is 0 Å². The van der Waals surface area contributed by atoms with Crippen molar-refractivity contribution in [3.05, 3.63) is 0 Å². The maximum atomic E-state index is 10.9. The molecule has 0 spiro atoms. The van der Waals surface area contributed by atoms with Crippen LogP contribution in [0.4, 0.5) is 0 Å². The van der Waals surface area contributed by atoms with Crippen LogP contribution in [0.5, 0.6) is 0 Å². The lowest BCUT2D eigenvalue weighted by atomic mass is 10.1. The van der Waals surface area contributed by atoms with E-state index < -0.39 is 0 Å². The van der Waals surface area contributed by atoms with Crippen LogP contribution in [0.2, 0.25) is 0 Å². The van der Waals surface area contributed by atoms with Gasteiger partial charge in [-0.25, -0.2) is 0 Å². The van der Waals surface area contributed by atoms with Gasteiger partial charge >= 0.3 is 0 Å². The summed E-state index contributed by atoms with van der Waals surface area (Å²) in [6, 6.07) is -0.0374. The Bertz CT molecular complexity index is 140. The summed E-state index contributed by atoms with van der Waals surface area (Å²) in [6.07, 6.45) is 0.721. The highest BCUT2D eigenvalue weighted by atomic mass is 32.1. The molecule has 0 saturated carbocycles. The van der Waals surface area contributed by atoms with E-state index in [0.29, 0.717) is 5.75 Å². The maximum Gasteiger partial charge on any atom is 0.224 e. The van der Waals surface area contributed by atoms with E-state index in [1.54, 1.807) is 0 Å². The molecule has 2 N–H and O–H groups in total. The highest BCUT2D eigenvalue weighted by Crippen LogP contribution is 2.15. The van der Waals surface area contributed by atoms with Gasteiger partial charge in [-0.1, -0.05) is 0 Å². The first-order valence-electron chi connectivity index (χ1n) is 3.30. The Morgan fingerprint density at radius 1 is 1.80 bits per heavy atom. The molecule has 0 aromatic carbocycles. The average Bonchev–Trinajstić information content (AvgIpc) is 2.30. The molecule has 1 heterocycles. The Labute approximate surface area is 65.2 Å². The predicted octanol–water partition coefficient (Wildman–Crippen LogP) is -0.587. The van der Waals surface area contributed by atoms with Crippen LogP contribution in [0.15, 0.2) is 0 Å². The standard InChI is InChI=1S/C6H11NO2S/c8-2-5-1-4(3-10)6(9)7-5/h4-5,8,10H,1-3H2,(H,7,9)/t4-,5-/m1/s1. The molecule has 10 heavy (non-hydrogen) atoms. The molecule has 4 heteroatoms. The summed E-state index contributed by atoms with van der Waals surface area (Å²) >= 11 is 4.01. The molecule has 1 fully saturated rings. The summed E-state index contributed by atoms with van der Waals surface area (Å²) < 4.78 is 0. The fourth-order valence-electron chi connectivity index (χ4n) is 1.11. The molecule has 58 valence electrons. The van der Waals surface area contributed by atoms with Gasteiger partial charge in [0.1, 0.15) is 0 Å². The number of thiol groups is 1. The van der Waals surface area contributed by atoms with Gasteiger partial charge in [-0.15, -0.1) is 0 Å². The zero-order chi connectivity index (χ0) is 7.56. The van der Waals surface area contributed by atoms with Crippen molar-refractivity contribution in [1.82, 2.24) is 5.32 Å². The summed E-state index contributed by atoms with van der Waals surface area (Å²) in [5, 5.41) is 11.3. The predicted molar refractivity (Wildman–Crippen MR) is 41.0 cm³/mol. The molecule has 1 aliphatic rings. The first kappa shape index (κ1) is 7.88. The lowest BCUT2D eigenvalue weighted by molar-refractivity contribution is -0.122. The number of carbonyl (C=O) groups is 1. The Balaban J connectivity index is 2.44. The van der Waals surface area contributed by atoms with Crippen LogP contribution in [0, 0.1) is 5.92 Å². The van der Waals surface area contributed by atoms with Gasteiger partial charge in [0.05, 0.1) is 12.6 Å². The zero-order valence-corrected chi connectivity index (χ0v) is 6.47. The zero-order valence-electron chi connectivity index (χ0n) is 5.58. The number of amides is 1. The van der Waals surface area contributed by atoms with Crippen molar-refractivity contribution in [3.63, 3.8) is 0 Å². The van der Waals surface area contributed by atoms with Gasteiger partial charge in [0.15, 0.2) is 0 Å². The third-order valence-electron chi connectivity index (χ3n) is 1.73. The molecule has 1 aliphatic heterocycles. The Morgan fingerprint density at radius 2 is 2.50 bits per heavy atom. The fraction of sp³-hybridized carbons (Fsp3) is 0.833. The second kappa shape index (κ2) is 3.25. The van der Waals surface area contributed by atoms with E-state index >= 15 is 0 Å². The van der Waals surface area contributed by atoms with Gasteiger partial charge in [0.25, 0.3) is 0 Å². The molecule has 0 aromatic rings. The van der Waals surface area contributed by atoms with E-state index in [9.17, 15) is 4.79 Å². The number of hydrogen-bond acceptors (Lipinski definition) is 3. The van der Waals surface area contributed by atoms with Gasteiger partial charge in [0.2, 0.25) is 5.91 Å². The van der Waals surface area contributed by atoms with Crippen molar-refractivity contribution in [2.45, 2.75) is 12.5 Å². The van der Waals surface area contributed by atoms with Crippen molar-refractivity contribution in [2.24, 2.45) is 5.92 Å². The minimum absolute atomic E-state index is 0.000448. The van der Waals surface area contributed by atoms with E-state index in [-0.39, 0.29) is 24.5 Å². The molecular weight excluding hydrogens is 150 g/mol. The first-order chi connectivity index (χ1) is 4.77. The molecular formula is C6H11NO2S. The number of carbonyl (C=O) groups excluding carboxylic acids is 1. The molecule has 3 nitrogen and oxygen atoms in total. The monoisotopic (exact) mass is 161 g/mol. The van der Waals surface area contributed by atoms with Gasteiger partial charge in [-0.05, 0) is 6.42 Å². The third kappa shape index (κ3) is 1.44. The first-order valence-corrected chi connectivity index (χ1v) is 3.93. The smallest absolute Gasteiger partial charge is 0.224 e. The van der Waals surface area contributed by atoms with Crippen LogP contribution >= 0.6 is 12.6 Å². The molecule has 2 atom stereocenters. The van der Waals surface area contributed by atoms with Gasteiger partial charge in [0, 0.05) is 11.7 Å². The lowest BCUT2D eigenvalue weighted by Crippen LogP contribution is -2.29.